The number of aromatic nitrogens is 2. The Morgan fingerprint density at radius 1 is 1.36 bits per heavy atom. The van der Waals surface area contributed by atoms with Crippen LogP contribution in [0.1, 0.15) is 6.42 Å². The summed E-state index contributed by atoms with van der Waals surface area (Å²) < 4.78 is 8.12. The van der Waals surface area contributed by atoms with Crippen molar-refractivity contribution in [3.05, 3.63) is 42.9 Å². The quantitative estimate of drug-likeness (QED) is 0.869. The van der Waals surface area contributed by atoms with Crippen molar-refractivity contribution in [2.75, 3.05) is 38.6 Å². The standard InChI is InChI=1S/C18H25N5O2/c1-21(2)17-16(6-5-8-19-17)25-15-7-12-23(14-15)18(24)20-9-13-22-10-3-4-11-22/h3-6,8,10-11,15H,7,9,12-14H2,1-2H3,(H,20,24)/t15-/m0/s1. The molecule has 2 amide bonds. The molecule has 1 aliphatic heterocycles. The molecule has 134 valence electrons. The van der Waals surface area contributed by atoms with Crippen molar-refractivity contribution in [2.24, 2.45) is 0 Å². The molecule has 1 aliphatic rings. The van der Waals surface area contributed by atoms with Crippen LogP contribution >= 0.6 is 0 Å². The lowest BCUT2D eigenvalue weighted by Crippen LogP contribution is -2.40. The molecule has 0 aromatic carbocycles. The van der Waals surface area contributed by atoms with Gasteiger partial charge < -0.3 is 24.4 Å². The van der Waals surface area contributed by atoms with Gasteiger partial charge in [0.05, 0.1) is 6.54 Å². The molecule has 1 atom stereocenters. The normalized spacial score (nSPS) is 16.7. The number of anilines is 1. The van der Waals surface area contributed by atoms with Crippen molar-refractivity contribution in [1.82, 2.24) is 19.8 Å². The SMILES string of the molecule is CN(C)c1ncccc1O[C@H]1CCN(C(=O)NCCn2cccc2)C1. The van der Waals surface area contributed by atoms with Crippen molar-refractivity contribution in [3.63, 3.8) is 0 Å². The summed E-state index contributed by atoms with van der Waals surface area (Å²) in [6.07, 6.45) is 6.55. The first-order chi connectivity index (χ1) is 12.1. The summed E-state index contributed by atoms with van der Waals surface area (Å²) in [6, 6.07) is 7.71. The third-order valence-electron chi connectivity index (χ3n) is 4.21. The average Bonchev–Trinajstić information content (AvgIpc) is 3.27. The van der Waals surface area contributed by atoms with Crippen LogP contribution in [0.2, 0.25) is 0 Å². The molecule has 0 bridgehead atoms. The minimum absolute atomic E-state index is 0.00176. The summed E-state index contributed by atoms with van der Waals surface area (Å²) in [5.41, 5.74) is 0. The highest BCUT2D eigenvalue weighted by molar-refractivity contribution is 5.74. The fourth-order valence-corrected chi connectivity index (χ4v) is 2.92. The molecule has 3 heterocycles. The first-order valence-electron chi connectivity index (χ1n) is 8.56. The van der Waals surface area contributed by atoms with E-state index in [4.69, 9.17) is 4.74 Å². The van der Waals surface area contributed by atoms with Crippen LogP contribution < -0.4 is 15.0 Å². The van der Waals surface area contributed by atoms with Crippen LogP contribution in [-0.2, 0) is 6.54 Å². The third kappa shape index (κ3) is 4.43. The first kappa shape index (κ1) is 17.1. The van der Waals surface area contributed by atoms with Crippen molar-refractivity contribution >= 4 is 11.8 Å². The van der Waals surface area contributed by atoms with Crippen LogP contribution in [-0.4, -0.2) is 60.3 Å². The second-order valence-corrected chi connectivity index (χ2v) is 6.35. The lowest BCUT2D eigenvalue weighted by atomic mass is 10.3. The van der Waals surface area contributed by atoms with E-state index >= 15 is 0 Å². The molecule has 0 saturated carbocycles. The summed E-state index contributed by atoms with van der Waals surface area (Å²) in [5.74, 6) is 1.56. The molecular weight excluding hydrogens is 318 g/mol. The molecule has 0 aliphatic carbocycles. The number of nitrogens with zero attached hydrogens (tertiary/aromatic N) is 4. The molecule has 1 saturated heterocycles. The zero-order valence-corrected chi connectivity index (χ0v) is 14.8. The Labute approximate surface area is 148 Å². The van der Waals surface area contributed by atoms with Crippen LogP contribution in [0.5, 0.6) is 5.75 Å². The molecule has 25 heavy (non-hydrogen) atoms. The van der Waals surface area contributed by atoms with Gasteiger partial charge in [-0.1, -0.05) is 0 Å². The Morgan fingerprint density at radius 3 is 2.92 bits per heavy atom. The van der Waals surface area contributed by atoms with Gasteiger partial charge in [0, 0.05) is 58.7 Å². The van der Waals surface area contributed by atoms with E-state index in [1.165, 1.54) is 0 Å². The summed E-state index contributed by atoms with van der Waals surface area (Å²) in [7, 11) is 3.88. The number of likely N-dealkylation sites (tertiary alicyclic amines) is 1. The van der Waals surface area contributed by atoms with Crippen LogP contribution in [0.3, 0.4) is 0 Å². The van der Waals surface area contributed by atoms with E-state index in [0.29, 0.717) is 19.6 Å². The van der Waals surface area contributed by atoms with Crippen LogP contribution in [0.25, 0.3) is 0 Å². The van der Waals surface area contributed by atoms with Gasteiger partial charge in [0.15, 0.2) is 11.6 Å². The van der Waals surface area contributed by atoms with Crippen LogP contribution in [0, 0.1) is 0 Å². The Hall–Kier alpha value is -2.70. The minimum atomic E-state index is -0.0303. The fourth-order valence-electron chi connectivity index (χ4n) is 2.92. The second kappa shape index (κ2) is 7.92. The van der Waals surface area contributed by atoms with Crippen LogP contribution in [0.15, 0.2) is 42.9 Å². The number of hydrogen-bond donors (Lipinski definition) is 1. The number of ether oxygens (including phenoxy) is 1. The molecule has 1 N–H and O–H groups in total. The van der Waals surface area contributed by atoms with E-state index in [0.717, 1.165) is 24.5 Å². The van der Waals surface area contributed by atoms with Crippen LogP contribution in [0.4, 0.5) is 10.6 Å². The molecule has 0 unspecified atom stereocenters. The fraction of sp³-hybridized carbons (Fsp3) is 0.444. The number of hydrogen-bond acceptors (Lipinski definition) is 4. The maximum atomic E-state index is 12.3. The Balaban J connectivity index is 1.47. The predicted octanol–water partition coefficient (Wildman–Crippen LogP) is 1.81. The van der Waals surface area contributed by atoms with E-state index in [-0.39, 0.29) is 12.1 Å². The molecule has 2 aromatic heterocycles. The van der Waals surface area contributed by atoms with Gasteiger partial charge in [0.25, 0.3) is 0 Å². The lowest BCUT2D eigenvalue weighted by molar-refractivity contribution is 0.187. The summed E-state index contributed by atoms with van der Waals surface area (Å²) in [4.78, 5) is 20.4. The van der Waals surface area contributed by atoms with Crippen molar-refractivity contribution < 1.29 is 9.53 Å². The topological polar surface area (TPSA) is 62.6 Å². The van der Waals surface area contributed by atoms with Gasteiger partial charge in [-0.15, -0.1) is 0 Å². The number of urea groups is 1. The van der Waals surface area contributed by atoms with Crippen molar-refractivity contribution in [3.8, 4) is 5.75 Å². The Bertz CT molecular complexity index is 687. The van der Waals surface area contributed by atoms with Gasteiger partial charge in [0.1, 0.15) is 6.10 Å². The smallest absolute Gasteiger partial charge is 0.317 e. The van der Waals surface area contributed by atoms with Gasteiger partial charge in [-0.2, -0.15) is 0 Å². The summed E-state index contributed by atoms with van der Waals surface area (Å²) in [5, 5.41) is 2.97. The molecule has 1 fully saturated rings. The number of amides is 2. The molecule has 0 spiro atoms. The van der Waals surface area contributed by atoms with Gasteiger partial charge in [-0.05, 0) is 24.3 Å². The highest BCUT2D eigenvalue weighted by Crippen LogP contribution is 2.26. The molecule has 3 rings (SSSR count). The summed E-state index contributed by atoms with van der Waals surface area (Å²) in [6.45, 7) is 2.69. The monoisotopic (exact) mass is 343 g/mol. The highest BCUT2D eigenvalue weighted by atomic mass is 16.5. The summed E-state index contributed by atoms with van der Waals surface area (Å²) >= 11 is 0. The average molecular weight is 343 g/mol. The first-order valence-corrected chi connectivity index (χ1v) is 8.56. The highest BCUT2D eigenvalue weighted by Gasteiger charge is 2.28. The molecule has 2 aromatic rings. The molecular formula is C18H25N5O2. The van der Waals surface area contributed by atoms with Gasteiger partial charge in [-0.3, -0.25) is 0 Å². The number of pyridine rings is 1. The zero-order valence-electron chi connectivity index (χ0n) is 14.8. The lowest BCUT2D eigenvalue weighted by Gasteiger charge is -2.20. The second-order valence-electron chi connectivity index (χ2n) is 6.35. The largest absolute Gasteiger partial charge is 0.485 e. The maximum absolute atomic E-state index is 12.3. The number of carbonyl (C=O) groups excluding carboxylic acids is 1. The van der Waals surface area contributed by atoms with Gasteiger partial charge in [0.2, 0.25) is 0 Å². The molecule has 7 nitrogen and oxygen atoms in total. The van der Waals surface area contributed by atoms with Gasteiger partial charge >= 0.3 is 6.03 Å². The Morgan fingerprint density at radius 2 is 2.16 bits per heavy atom. The molecule has 7 heteroatoms. The maximum Gasteiger partial charge on any atom is 0.317 e. The van der Waals surface area contributed by atoms with Gasteiger partial charge in [-0.25, -0.2) is 9.78 Å². The van der Waals surface area contributed by atoms with E-state index in [9.17, 15) is 4.79 Å². The van der Waals surface area contributed by atoms with Crippen molar-refractivity contribution in [1.29, 1.82) is 0 Å². The number of nitrogens with one attached hydrogen (secondary N) is 1. The van der Waals surface area contributed by atoms with E-state index in [2.05, 4.69) is 10.3 Å². The van der Waals surface area contributed by atoms with E-state index in [1.807, 2.05) is 65.1 Å². The van der Waals surface area contributed by atoms with Crippen molar-refractivity contribution in [2.45, 2.75) is 19.1 Å². The van der Waals surface area contributed by atoms with E-state index < -0.39 is 0 Å². The number of rotatable bonds is 6. The minimum Gasteiger partial charge on any atom is -0.485 e. The third-order valence-corrected chi connectivity index (χ3v) is 4.21. The van der Waals surface area contributed by atoms with E-state index in [1.54, 1.807) is 6.20 Å². The number of carbonyl (C=O) groups is 1. The molecule has 0 radical (unpaired) electrons. The zero-order chi connectivity index (χ0) is 17.6. The predicted molar refractivity (Wildman–Crippen MR) is 97.0 cm³/mol. The Kier molecular flexibility index (Phi) is 5.42.